The number of carbonyl (C=O) groups excluding carboxylic acids is 1. The van der Waals surface area contributed by atoms with Gasteiger partial charge in [-0.2, -0.15) is 0 Å². The minimum atomic E-state index is -0.282. The van der Waals surface area contributed by atoms with E-state index in [1.807, 2.05) is 13.8 Å². The highest BCUT2D eigenvalue weighted by Crippen LogP contribution is 2.08. The van der Waals surface area contributed by atoms with Crippen LogP contribution < -0.4 is 0 Å². The first kappa shape index (κ1) is 7.34. The summed E-state index contributed by atoms with van der Waals surface area (Å²) in [5, 5.41) is 9.61. The Labute approximate surface area is 60.0 Å². The molecule has 1 heterocycles. The van der Waals surface area contributed by atoms with Gasteiger partial charge in [-0.3, -0.25) is 5.21 Å². The molecule has 58 valence electrons. The van der Waals surface area contributed by atoms with Gasteiger partial charge in [-0.25, -0.2) is 9.86 Å². The summed E-state index contributed by atoms with van der Waals surface area (Å²) in [6.07, 6.45) is 0. The summed E-state index contributed by atoms with van der Waals surface area (Å²) in [5.41, 5.74) is 0. The van der Waals surface area contributed by atoms with Crippen molar-refractivity contribution >= 4 is 6.03 Å². The molecule has 0 aliphatic carbocycles. The molecule has 1 saturated heterocycles. The molecular formula is C6H12N2O2. The fourth-order valence-electron chi connectivity index (χ4n) is 1.02. The third-order valence-electron chi connectivity index (χ3n) is 1.64. The van der Waals surface area contributed by atoms with Crippen LogP contribution in [0.5, 0.6) is 0 Å². The second-order valence-electron chi connectivity index (χ2n) is 2.69. The molecular weight excluding hydrogens is 132 g/mol. The van der Waals surface area contributed by atoms with Crippen molar-refractivity contribution < 1.29 is 10.0 Å². The van der Waals surface area contributed by atoms with Crippen LogP contribution in [0.15, 0.2) is 0 Å². The topological polar surface area (TPSA) is 43.8 Å². The minimum absolute atomic E-state index is 0.185. The quantitative estimate of drug-likeness (QED) is 0.545. The lowest BCUT2D eigenvalue weighted by molar-refractivity contribution is -0.0272. The summed E-state index contributed by atoms with van der Waals surface area (Å²) in [6.45, 7) is 4.91. The molecule has 1 N–H and O–H groups in total. The summed E-state index contributed by atoms with van der Waals surface area (Å²) in [7, 11) is 0. The fraction of sp³-hybridized carbons (Fsp3) is 0.833. The van der Waals surface area contributed by atoms with Crippen molar-refractivity contribution in [3.63, 3.8) is 0 Å². The van der Waals surface area contributed by atoms with Gasteiger partial charge in [-0.05, 0) is 13.8 Å². The number of urea groups is 1. The largest absolute Gasteiger partial charge is 0.344 e. The number of amides is 2. The molecule has 1 aliphatic rings. The van der Waals surface area contributed by atoms with E-state index in [9.17, 15) is 4.79 Å². The lowest BCUT2D eigenvalue weighted by Crippen LogP contribution is -2.34. The van der Waals surface area contributed by atoms with Crippen molar-refractivity contribution in [2.75, 3.05) is 13.1 Å². The molecule has 0 unspecified atom stereocenters. The van der Waals surface area contributed by atoms with E-state index in [4.69, 9.17) is 5.21 Å². The first-order chi connectivity index (χ1) is 4.63. The monoisotopic (exact) mass is 144 g/mol. The van der Waals surface area contributed by atoms with Crippen LogP contribution in [0.25, 0.3) is 0 Å². The van der Waals surface area contributed by atoms with Gasteiger partial charge in [-0.1, -0.05) is 0 Å². The SMILES string of the molecule is CC(C)N1CCN(O)C1=O. The number of hydroxylamine groups is 2. The molecule has 0 aromatic rings. The Balaban J connectivity index is 2.57. The second-order valence-corrected chi connectivity index (χ2v) is 2.69. The summed E-state index contributed by atoms with van der Waals surface area (Å²) in [4.78, 5) is 12.6. The van der Waals surface area contributed by atoms with E-state index < -0.39 is 0 Å². The molecule has 10 heavy (non-hydrogen) atoms. The van der Waals surface area contributed by atoms with Gasteiger partial charge in [0, 0.05) is 12.6 Å². The molecule has 1 rings (SSSR count). The van der Waals surface area contributed by atoms with Crippen molar-refractivity contribution in [3.05, 3.63) is 0 Å². The zero-order chi connectivity index (χ0) is 7.72. The summed E-state index contributed by atoms with van der Waals surface area (Å²) >= 11 is 0. The van der Waals surface area contributed by atoms with Gasteiger partial charge in [0.05, 0.1) is 6.54 Å². The van der Waals surface area contributed by atoms with E-state index in [0.717, 1.165) is 5.06 Å². The van der Waals surface area contributed by atoms with Crippen LogP contribution in [0.4, 0.5) is 4.79 Å². The van der Waals surface area contributed by atoms with Crippen LogP contribution in [0.2, 0.25) is 0 Å². The molecule has 0 spiro atoms. The standard InChI is InChI=1S/C6H12N2O2/c1-5(2)7-3-4-8(10)6(7)9/h5,10H,3-4H2,1-2H3. The Morgan fingerprint density at radius 2 is 2.10 bits per heavy atom. The summed E-state index contributed by atoms with van der Waals surface area (Å²) in [5.74, 6) is 0. The first-order valence-electron chi connectivity index (χ1n) is 3.40. The van der Waals surface area contributed by atoms with E-state index in [1.165, 1.54) is 0 Å². The van der Waals surface area contributed by atoms with Crippen LogP contribution >= 0.6 is 0 Å². The zero-order valence-corrected chi connectivity index (χ0v) is 6.24. The van der Waals surface area contributed by atoms with Crippen molar-refractivity contribution in [3.8, 4) is 0 Å². The number of nitrogens with zero attached hydrogens (tertiary/aromatic N) is 2. The fourth-order valence-corrected chi connectivity index (χ4v) is 1.02. The van der Waals surface area contributed by atoms with Crippen LogP contribution in [0.3, 0.4) is 0 Å². The number of carbonyl (C=O) groups is 1. The van der Waals surface area contributed by atoms with Gasteiger partial charge in [0.1, 0.15) is 0 Å². The van der Waals surface area contributed by atoms with Crippen molar-refractivity contribution in [2.24, 2.45) is 0 Å². The van der Waals surface area contributed by atoms with E-state index in [1.54, 1.807) is 4.90 Å². The van der Waals surface area contributed by atoms with Crippen LogP contribution in [0.1, 0.15) is 13.8 Å². The molecule has 0 atom stereocenters. The Hall–Kier alpha value is -0.770. The smallest absolute Gasteiger partial charge is 0.319 e. The van der Waals surface area contributed by atoms with Crippen molar-refractivity contribution in [1.82, 2.24) is 9.96 Å². The highest BCUT2D eigenvalue weighted by molar-refractivity contribution is 5.75. The average molecular weight is 144 g/mol. The number of hydrogen-bond donors (Lipinski definition) is 1. The Morgan fingerprint density at radius 1 is 1.50 bits per heavy atom. The van der Waals surface area contributed by atoms with Gasteiger partial charge in [0.2, 0.25) is 0 Å². The Kier molecular flexibility index (Phi) is 1.80. The molecule has 0 saturated carbocycles. The summed E-state index contributed by atoms with van der Waals surface area (Å²) in [6, 6.07) is -0.0975. The molecule has 0 bridgehead atoms. The Morgan fingerprint density at radius 3 is 2.30 bits per heavy atom. The van der Waals surface area contributed by atoms with E-state index in [0.29, 0.717) is 13.1 Å². The second kappa shape index (κ2) is 2.46. The third kappa shape index (κ3) is 1.07. The van der Waals surface area contributed by atoms with Crippen LogP contribution in [-0.2, 0) is 0 Å². The normalized spacial score (nSPS) is 19.4. The molecule has 1 aliphatic heterocycles. The molecule has 0 radical (unpaired) electrons. The molecule has 2 amide bonds. The predicted octanol–water partition coefficient (Wildman–Crippen LogP) is 0.522. The predicted molar refractivity (Wildman–Crippen MR) is 35.7 cm³/mol. The van der Waals surface area contributed by atoms with Crippen LogP contribution in [-0.4, -0.2) is 40.3 Å². The third-order valence-corrected chi connectivity index (χ3v) is 1.64. The van der Waals surface area contributed by atoms with Gasteiger partial charge in [0.25, 0.3) is 0 Å². The molecule has 0 aromatic heterocycles. The van der Waals surface area contributed by atoms with E-state index in [-0.39, 0.29) is 12.1 Å². The maximum atomic E-state index is 10.9. The Bertz CT molecular complexity index is 147. The molecule has 1 fully saturated rings. The van der Waals surface area contributed by atoms with Crippen molar-refractivity contribution in [2.45, 2.75) is 19.9 Å². The van der Waals surface area contributed by atoms with Gasteiger partial charge < -0.3 is 4.90 Å². The maximum absolute atomic E-state index is 10.9. The minimum Gasteiger partial charge on any atom is -0.319 e. The highest BCUT2D eigenvalue weighted by Gasteiger charge is 2.28. The molecule has 0 aromatic carbocycles. The van der Waals surface area contributed by atoms with Gasteiger partial charge >= 0.3 is 6.03 Å². The summed E-state index contributed by atoms with van der Waals surface area (Å²) < 4.78 is 0. The highest BCUT2D eigenvalue weighted by atomic mass is 16.5. The number of rotatable bonds is 1. The maximum Gasteiger partial charge on any atom is 0.344 e. The van der Waals surface area contributed by atoms with E-state index >= 15 is 0 Å². The molecule has 4 nitrogen and oxygen atoms in total. The van der Waals surface area contributed by atoms with E-state index in [2.05, 4.69) is 0 Å². The van der Waals surface area contributed by atoms with Gasteiger partial charge in [-0.15, -0.1) is 0 Å². The zero-order valence-electron chi connectivity index (χ0n) is 6.24. The van der Waals surface area contributed by atoms with Gasteiger partial charge in [0.15, 0.2) is 0 Å². The average Bonchev–Trinajstić information content (AvgIpc) is 2.14. The van der Waals surface area contributed by atoms with Crippen LogP contribution in [0, 0.1) is 0 Å². The first-order valence-corrected chi connectivity index (χ1v) is 3.40. The lowest BCUT2D eigenvalue weighted by Gasteiger charge is -2.18. The lowest BCUT2D eigenvalue weighted by atomic mass is 10.3. The molecule has 4 heteroatoms. The number of hydrogen-bond acceptors (Lipinski definition) is 2. The van der Waals surface area contributed by atoms with Crippen molar-refractivity contribution in [1.29, 1.82) is 0 Å².